The van der Waals surface area contributed by atoms with Gasteiger partial charge in [0.25, 0.3) is 0 Å². The monoisotopic (exact) mass is 232 g/mol. The van der Waals surface area contributed by atoms with Crippen molar-refractivity contribution in [2.45, 2.75) is 12.2 Å². The van der Waals surface area contributed by atoms with Crippen LogP contribution in [0.4, 0.5) is 0 Å². The van der Waals surface area contributed by atoms with Gasteiger partial charge in [0.1, 0.15) is 5.75 Å². The van der Waals surface area contributed by atoms with Gasteiger partial charge in [0.2, 0.25) is 9.05 Å². The number of halogens is 1. The minimum absolute atomic E-state index is 0.169. The first-order chi connectivity index (χ1) is 6.56. The van der Waals surface area contributed by atoms with Crippen LogP contribution in [0.1, 0.15) is 11.1 Å². The van der Waals surface area contributed by atoms with Crippen molar-refractivity contribution < 1.29 is 13.2 Å². The fourth-order valence-electron chi connectivity index (χ4n) is 1.58. The molecule has 5 heteroatoms. The van der Waals surface area contributed by atoms with E-state index in [2.05, 4.69) is 0 Å². The van der Waals surface area contributed by atoms with Gasteiger partial charge in [-0.25, -0.2) is 8.42 Å². The van der Waals surface area contributed by atoms with E-state index in [1.807, 2.05) is 12.1 Å². The summed E-state index contributed by atoms with van der Waals surface area (Å²) in [6, 6.07) is 5.49. The topological polar surface area (TPSA) is 43.4 Å². The molecule has 0 N–H and O–H groups in total. The molecule has 1 aliphatic rings. The van der Waals surface area contributed by atoms with Crippen LogP contribution in [0.25, 0.3) is 0 Å². The van der Waals surface area contributed by atoms with Gasteiger partial charge >= 0.3 is 0 Å². The largest absolute Gasteiger partial charge is 0.493 e. The zero-order chi connectivity index (χ0) is 10.2. The molecule has 1 aromatic carbocycles. The number of benzene rings is 1. The van der Waals surface area contributed by atoms with Gasteiger partial charge in [0, 0.05) is 22.7 Å². The maximum atomic E-state index is 10.9. The van der Waals surface area contributed by atoms with E-state index in [1.165, 1.54) is 0 Å². The second-order valence-corrected chi connectivity index (χ2v) is 5.96. The van der Waals surface area contributed by atoms with Gasteiger partial charge in [-0.2, -0.15) is 0 Å². The van der Waals surface area contributed by atoms with Crippen molar-refractivity contribution in [3.8, 4) is 5.75 Å². The van der Waals surface area contributed by atoms with Crippen LogP contribution in [-0.4, -0.2) is 15.0 Å². The first-order valence-corrected chi connectivity index (χ1v) is 6.70. The van der Waals surface area contributed by atoms with Gasteiger partial charge in [0.15, 0.2) is 0 Å². The second-order valence-electron chi connectivity index (χ2n) is 3.19. The summed E-state index contributed by atoms with van der Waals surface area (Å²) < 4.78 is 27.2. The van der Waals surface area contributed by atoms with Crippen LogP contribution in [0, 0.1) is 0 Å². The lowest BCUT2D eigenvalue weighted by Crippen LogP contribution is -1.97. The highest BCUT2D eigenvalue weighted by atomic mass is 35.7. The molecule has 0 atom stereocenters. The highest BCUT2D eigenvalue weighted by Gasteiger charge is 2.18. The fraction of sp³-hybridized carbons (Fsp3) is 0.333. The Balaban J connectivity index is 2.40. The Hall–Kier alpha value is -0.740. The van der Waals surface area contributed by atoms with E-state index in [-0.39, 0.29) is 5.75 Å². The Morgan fingerprint density at radius 3 is 2.93 bits per heavy atom. The molecule has 0 aromatic heterocycles. The van der Waals surface area contributed by atoms with Crippen molar-refractivity contribution in [3.05, 3.63) is 29.3 Å². The first kappa shape index (κ1) is 9.80. The number of hydrogen-bond donors (Lipinski definition) is 0. The van der Waals surface area contributed by atoms with E-state index >= 15 is 0 Å². The van der Waals surface area contributed by atoms with Crippen LogP contribution in [0.2, 0.25) is 0 Å². The van der Waals surface area contributed by atoms with Crippen LogP contribution in [0.3, 0.4) is 0 Å². The maximum absolute atomic E-state index is 10.9. The van der Waals surface area contributed by atoms with Crippen LogP contribution in [0.15, 0.2) is 18.2 Å². The molecular formula is C9H9ClO3S. The molecule has 0 spiro atoms. The van der Waals surface area contributed by atoms with E-state index in [0.717, 1.165) is 12.0 Å². The Morgan fingerprint density at radius 1 is 1.43 bits per heavy atom. The number of ether oxygens (including phenoxy) is 1. The molecule has 0 fully saturated rings. The maximum Gasteiger partial charge on any atom is 0.236 e. The van der Waals surface area contributed by atoms with E-state index in [1.54, 1.807) is 6.07 Å². The average molecular weight is 233 g/mol. The van der Waals surface area contributed by atoms with E-state index in [0.29, 0.717) is 17.9 Å². The third kappa shape index (κ3) is 2.01. The van der Waals surface area contributed by atoms with Crippen molar-refractivity contribution in [2.24, 2.45) is 0 Å². The molecule has 1 aliphatic heterocycles. The lowest BCUT2D eigenvalue weighted by Gasteiger charge is -2.05. The zero-order valence-corrected chi connectivity index (χ0v) is 8.94. The minimum atomic E-state index is -3.51. The van der Waals surface area contributed by atoms with Gasteiger partial charge in [-0.15, -0.1) is 0 Å². The Kier molecular flexibility index (Phi) is 2.41. The third-order valence-electron chi connectivity index (χ3n) is 2.12. The summed E-state index contributed by atoms with van der Waals surface area (Å²) in [6.45, 7) is 0.620. The van der Waals surface area contributed by atoms with Gasteiger partial charge in [-0.05, 0) is 5.56 Å². The predicted octanol–water partition coefficient (Wildman–Crippen LogP) is 1.69. The molecule has 14 heavy (non-hydrogen) atoms. The van der Waals surface area contributed by atoms with E-state index in [9.17, 15) is 8.42 Å². The Bertz CT molecular complexity index is 453. The van der Waals surface area contributed by atoms with Gasteiger partial charge < -0.3 is 4.74 Å². The number of para-hydroxylation sites is 1. The smallest absolute Gasteiger partial charge is 0.236 e. The molecule has 76 valence electrons. The number of rotatable bonds is 2. The molecule has 2 rings (SSSR count). The normalized spacial score (nSPS) is 14.9. The molecule has 0 bridgehead atoms. The molecule has 0 saturated heterocycles. The van der Waals surface area contributed by atoms with Gasteiger partial charge in [-0.3, -0.25) is 0 Å². The van der Waals surface area contributed by atoms with Crippen LogP contribution in [-0.2, 0) is 21.2 Å². The standard InChI is InChI=1S/C9H9ClO3S/c10-14(11,12)6-8-3-1-2-7-4-5-13-9(7)8/h1-3H,4-6H2. The second kappa shape index (κ2) is 3.44. The molecule has 3 nitrogen and oxygen atoms in total. The fourth-order valence-corrected chi connectivity index (χ4v) is 2.53. The van der Waals surface area contributed by atoms with Crippen molar-refractivity contribution >= 4 is 19.7 Å². The van der Waals surface area contributed by atoms with Crippen molar-refractivity contribution in [1.82, 2.24) is 0 Å². The molecule has 0 saturated carbocycles. The van der Waals surface area contributed by atoms with E-state index < -0.39 is 9.05 Å². The summed E-state index contributed by atoms with van der Waals surface area (Å²) in [5.74, 6) is 0.522. The minimum Gasteiger partial charge on any atom is -0.493 e. The quantitative estimate of drug-likeness (QED) is 0.729. The van der Waals surface area contributed by atoms with Crippen LogP contribution in [0.5, 0.6) is 5.75 Å². The lowest BCUT2D eigenvalue weighted by molar-refractivity contribution is 0.354. The molecule has 0 unspecified atom stereocenters. The Morgan fingerprint density at radius 2 is 2.21 bits per heavy atom. The summed E-state index contributed by atoms with van der Waals surface area (Å²) in [6.07, 6.45) is 0.839. The molecule has 0 aliphatic carbocycles. The summed E-state index contributed by atoms with van der Waals surface area (Å²) in [7, 11) is 1.68. The highest BCUT2D eigenvalue weighted by Crippen LogP contribution is 2.30. The molecule has 0 amide bonds. The summed E-state index contributed by atoms with van der Waals surface area (Å²) in [5.41, 5.74) is 1.71. The van der Waals surface area contributed by atoms with Crippen LogP contribution < -0.4 is 4.74 Å². The molecule has 1 aromatic rings. The number of fused-ring (bicyclic) bond motifs is 1. The van der Waals surface area contributed by atoms with Crippen LogP contribution >= 0.6 is 10.7 Å². The van der Waals surface area contributed by atoms with Crippen molar-refractivity contribution in [2.75, 3.05) is 6.61 Å². The first-order valence-electron chi connectivity index (χ1n) is 4.22. The predicted molar refractivity (Wildman–Crippen MR) is 54.1 cm³/mol. The van der Waals surface area contributed by atoms with E-state index in [4.69, 9.17) is 15.4 Å². The molecule has 0 radical (unpaired) electrons. The summed E-state index contributed by atoms with van der Waals surface area (Å²) >= 11 is 0. The zero-order valence-electron chi connectivity index (χ0n) is 7.36. The third-order valence-corrected chi connectivity index (χ3v) is 3.11. The Labute approximate surface area is 87.1 Å². The lowest BCUT2D eigenvalue weighted by atomic mass is 10.1. The molecule has 1 heterocycles. The van der Waals surface area contributed by atoms with Gasteiger partial charge in [-0.1, -0.05) is 18.2 Å². The van der Waals surface area contributed by atoms with Crippen molar-refractivity contribution in [3.63, 3.8) is 0 Å². The molecular weight excluding hydrogens is 224 g/mol. The number of hydrogen-bond acceptors (Lipinski definition) is 3. The summed E-state index contributed by atoms with van der Waals surface area (Å²) in [5, 5.41) is 0. The average Bonchev–Trinajstić information content (AvgIpc) is 2.49. The van der Waals surface area contributed by atoms with Crippen molar-refractivity contribution in [1.29, 1.82) is 0 Å². The van der Waals surface area contributed by atoms with Gasteiger partial charge in [0.05, 0.1) is 12.4 Å². The highest BCUT2D eigenvalue weighted by molar-refractivity contribution is 8.13. The summed E-state index contributed by atoms with van der Waals surface area (Å²) in [4.78, 5) is 0. The SMILES string of the molecule is O=S(=O)(Cl)Cc1cccc2c1OCC2.